The molecule has 0 atom stereocenters. The second-order valence-corrected chi connectivity index (χ2v) is 35.6. The van der Waals surface area contributed by atoms with E-state index in [1.807, 2.05) is 161 Å². The summed E-state index contributed by atoms with van der Waals surface area (Å²) in [7, 11) is 0. The molecule has 1 N–H and O–H groups in total. The predicted octanol–water partition coefficient (Wildman–Crippen LogP) is 19.9. The van der Waals surface area contributed by atoms with Gasteiger partial charge in [-0.15, -0.1) is 0 Å². The highest BCUT2D eigenvalue weighted by Gasteiger charge is 2.29. The van der Waals surface area contributed by atoms with Crippen molar-refractivity contribution < 1.29 is 105 Å². The van der Waals surface area contributed by atoms with Crippen molar-refractivity contribution in [3.05, 3.63) is 210 Å². The molecule has 0 unspecified atom stereocenters. The Bertz CT molecular complexity index is 5020. The Morgan fingerprint density at radius 3 is 0.983 bits per heavy atom. The third-order valence-corrected chi connectivity index (χ3v) is 15.6. The highest BCUT2D eigenvalue weighted by atomic mass is 16.6. The largest absolute Gasteiger partial charge is 0.481 e. The number of hydrogen-bond acceptors (Lipinski definition) is 22. The lowest BCUT2D eigenvalue weighted by molar-refractivity contribution is -0.159. The molecule has 22 nitrogen and oxygen atoms in total. The third-order valence-electron chi connectivity index (χ3n) is 15.6. The maximum Gasteiger partial charge on any atom is 0.344 e. The van der Waals surface area contributed by atoms with Gasteiger partial charge in [0.15, 0.2) is 44.5 Å². The van der Waals surface area contributed by atoms with E-state index in [4.69, 9.17) is 66.7 Å². The molecule has 0 radical (unpaired) electrons. The minimum atomic E-state index is -0.825. The molecule has 0 bridgehead atoms. The number of esters is 8. The average molecular weight is 1640 g/mol. The number of aliphatic hydroxyl groups is 1. The molecule has 119 heavy (non-hydrogen) atoms. The summed E-state index contributed by atoms with van der Waals surface area (Å²) in [4.78, 5) is 96.4. The highest BCUT2D eigenvalue weighted by Crippen LogP contribution is 2.37. The van der Waals surface area contributed by atoms with Crippen molar-refractivity contribution in [1.29, 1.82) is 0 Å². The Hall–Kier alpha value is -11.8. The Morgan fingerprint density at radius 1 is 0.269 bits per heavy atom. The van der Waals surface area contributed by atoms with Gasteiger partial charge in [0.1, 0.15) is 62.1 Å². The maximum absolute atomic E-state index is 12.6. The van der Waals surface area contributed by atoms with Crippen LogP contribution in [0.5, 0.6) is 28.7 Å². The Balaban J connectivity index is 0.000000233. The van der Waals surface area contributed by atoms with E-state index in [1.165, 1.54) is 0 Å². The number of carbonyl (C=O) groups excluding carboxylic acids is 8. The van der Waals surface area contributed by atoms with Gasteiger partial charge in [-0.1, -0.05) is 151 Å². The summed E-state index contributed by atoms with van der Waals surface area (Å²) in [5, 5.41) is 18.4. The summed E-state index contributed by atoms with van der Waals surface area (Å²) in [5.41, 5.74) is -2.43. The van der Waals surface area contributed by atoms with Crippen molar-refractivity contribution in [2.45, 2.75) is 217 Å². The molecule has 0 fully saturated rings. The number of hydrogen-bond donors (Lipinski definition) is 1. The number of benzene rings is 10. The first kappa shape index (κ1) is 96.1. The van der Waals surface area contributed by atoms with Gasteiger partial charge < -0.3 is 66.7 Å². The lowest BCUT2D eigenvalue weighted by Gasteiger charge is -2.23. The predicted molar refractivity (Wildman–Crippen MR) is 462 cm³/mol. The number of aliphatic hydroxyl groups excluding tert-OH is 1. The quantitative estimate of drug-likeness (QED) is 0.0517. The first-order chi connectivity index (χ1) is 55.2. The second kappa shape index (κ2) is 41.6. The highest BCUT2D eigenvalue weighted by molar-refractivity contribution is 6.08. The van der Waals surface area contributed by atoms with Crippen LogP contribution in [0.3, 0.4) is 0 Å². The lowest BCUT2D eigenvalue weighted by Crippen LogP contribution is -2.32. The number of rotatable bonds is 21. The van der Waals surface area contributed by atoms with Crippen molar-refractivity contribution in [1.82, 2.24) is 0 Å². The van der Waals surface area contributed by atoms with Crippen LogP contribution in [-0.2, 0) is 73.1 Å². The van der Waals surface area contributed by atoms with Gasteiger partial charge in [0, 0.05) is 21.5 Å². The molecule has 10 aromatic carbocycles. The molecule has 0 heterocycles. The molecule has 0 saturated heterocycles. The standard InChI is InChI=1S/2C22H28O6.C20H24O4.C17H20O3.C16H18O3/c1-21(2,3)27-19(23)13-25-17-11-7-10-16-15(17)9-8-12-18(16)26-14-20(24)28-22(4,5)6;1-21(2,3)27-18(23)13-25-17-12-11-15-9-7-8-10-16(15)20(17)26-14-19(24)28-22(4,5)6;1-19(2,3)23-17(21)15-11-13-9-7-8-10-14(13)12-16(15)18(22)24-20(4,5)6;1-12-8-9-13-6-5-7-15(14(13)10-12)19-11-16(18)20-17(2,3)4;1-16(2,11-17)19-15(18)10-12-7-8-13-5-3-4-6-14(13)9-12/h2*7-12H,13-14H2,1-6H3;7-12H,1-6H3;5-10H,11H2,1-4H3;3-9,17H,10-11H2,1-2H3. The van der Waals surface area contributed by atoms with Crippen LogP contribution in [-0.4, -0.2) is 137 Å². The van der Waals surface area contributed by atoms with E-state index >= 15 is 0 Å². The molecule has 10 rings (SSSR count). The Kier molecular flexibility index (Phi) is 33.5. The van der Waals surface area contributed by atoms with Crippen molar-refractivity contribution >= 4 is 102 Å². The lowest BCUT2D eigenvalue weighted by atomic mass is 10.0. The van der Waals surface area contributed by atoms with Gasteiger partial charge >= 0.3 is 47.8 Å². The zero-order chi connectivity index (χ0) is 88.7. The van der Waals surface area contributed by atoms with Gasteiger partial charge in [-0.05, 0) is 247 Å². The molecule has 22 heteroatoms. The van der Waals surface area contributed by atoms with Crippen LogP contribution in [0.15, 0.2) is 188 Å². The average Bonchev–Trinajstić information content (AvgIpc) is 0.746. The molecule has 0 amide bonds. The monoisotopic (exact) mass is 1630 g/mol. The fraction of sp³-hybridized carbons (Fsp3) is 0.402. The van der Waals surface area contributed by atoms with E-state index in [2.05, 4.69) is 12.1 Å². The van der Waals surface area contributed by atoms with Crippen LogP contribution >= 0.6 is 0 Å². The third kappa shape index (κ3) is 34.7. The van der Waals surface area contributed by atoms with Crippen molar-refractivity contribution in [3.63, 3.8) is 0 Å². The zero-order valence-corrected chi connectivity index (χ0v) is 73.4. The molecule has 0 aliphatic rings. The molecule has 0 saturated carbocycles. The minimum Gasteiger partial charge on any atom is -0.481 e. The van der Waals surface area contributed by atoms with E-state index in [9.17, 15) is 38.4 Å². The topological polar surface area (TPSA) is 277 Å². The van der Waals surface area contributed by atoms with Crippen molar-refractivity contribution in [3.8, 4) is 28.7 Å². The van der Waals surface area contributed by atoms with Crippen molar-refractivity contribution in [2.24, 2.45) is 0 Å². The molecule has 0 spiro atoms. The summed E-state index contributed by atoms with van der Waals surface area (Å²) < 4.78 is 70.7. The Morgan fingerprint density at radius 2 is 0.580 bits per heavy atom. The Labute approximate surface area is 699 Å². The normalized spacial score (nSPS) is 11.7. The molecule has 638 valence electrons. The van der Waals surface area contributed by atoms with E-state index < -0.39 is 80.6 Å². The smallest absolute Gasteiger partial charge is 0.344 e. The zero-order valence-electron chi connectivity index (χ0n) is 73.4. The van der Waals surface area contributed by atoms with Gasteiger partial charge in [-0.2, -0.15) is 0 Å². The number of fused-ring (bicyclic) bond motifs is 5. The van der Waals surface area contributed by atoms with Gasteiger partial charge in [-0.3, -0.25) is 4.79 Å². The van der Waals surface area contributed by atoms with E-state index in [-0.39, 0.29) is 69.1 Å². The van der Waals surface area contributed by atoms with Crippen LogP contribution in [0, 0.1) is 6.92 Å². The molecule has 0 aromatic heterocycles. The molecular weight excluding hydrogens is 1520 g/mol. The van der Waals surface area contributed by atoms with E-state index in [0.29, 0.717) is 28.7 Å². The minimum absolute atomic E-state index is 0.0790. The second-order valence-electron chi connectivity index (χ2n) is 35.6. The van der Waals surface area contributed by atoms with E-state index in [0.717, 1.165) is 65.0 Å². The summed E-state index contributed by atoms with van der Waals surface area (Å²) >= 11 is 0. The van der Waals surface area contributed by atoms with E-state index in [1.54, 1.807) is 181 Å². The number of carbonyl (C=O) groups is 8. The van der Waals surface area contributed by atoms with Gasteiger partial charge in [-0.25, -0.2) is 33.6 Å². The number of aryl methyl sites for hydroxylation is 1. The summed E-state index contributed by atoms with van der Waals surface area (Å²) in [5.74, 6) is -1.10. The van der Waals surface area contributed by atoms with Crippen LogP contribution in [0.2, 0.25) is 0 Å². The SMILES string of the molecule is CC(C)(C)OC(=O)COc1ccc2ccccc2c1OCC(=O)OC(C)(C)C.CC(C)(C)OC(=O)COc1cccc2c(OCC(=O)OC(C)(C)C)cccc12.CC(C)(C)OC(=O)c1cc2ccccc2cc1C(=O)OC(C)(C)C.CC(C)(CO)OC(=O)Cc1ccc2ccccc2c1.Cc1ccc2cccc(OCC(=O)OC(C)(C)C)c2c1. The van der Waals surface area contributed by atoms with Gasteiger partial charge in [0.25, 0.3) is 0 Å². The van der Waals surface area contributed by atoms with Gasteiger partial charge in [0.2, 0.25) is 0 Å². The molecule has 10 aromatic rings. The first-order valence-corrected chi connectivity index (χ1v) is 39.3. The molecule has 0 aliphatic carbocycles. The number of ether oxygens (including phenoxy) is 13. The van der Waals surface area contributed by atoms with Gasteiger partial charge in [0.05, 0.1) is 24.2 Å². The molecular formula is C97H118O22. The van der Waals surface area contributed by atoms with Crippen molar-refractivity contribution in [2.75, 3.05) is 39.6 Å². The summed E-state index contributed by atoms with van der Waals surface area (Å²) in [6, 6.07) is 58.8. The fourth-order valence-electron chi connectivity index (χ4n) is 11.1. The van der Waals surface area contributed by atoms with Crippen LogP contribution in [0.25, 0.3) is 53.9 Å². The summed E-state index contributed by atoms with van der Waals surface area (Å²) in [6.07, 6.45) is 0.217. The fourth-order valence-corrected chi connectivity index (χ4v) is 11.1. The first-order valence-electron chi connectivity index (χ1n) is 39.3. The van der Waals surface area contributed by atoms with Crippen LogP contribution < -0.4 is 23.7 Å². The van der Waals surface area contributed by atoms with Crippen LogP contribution in [0.1, 0.15) is 191 Å². The van der Waals surface area contributed by atoms with Crippen LogP contribution in [0.4, 0.5) is 0 Å². The maximum atomic E-state index is 12.6. The molecule has 0 aliphatic heterocycles. The summed E-state index contributed by atoms with van der Waals surface area (Å²) in [6.45, 7) is 42.0.